The molecule has 0 spiro atoms. The van der Waals surface area contributed by atoms with Gasteiger partial charge in [-0.1, -0.05) is 24.9 Å². The molecule has 2 rings (SSSR count). The Bertz CT molecular complexity index is 635. The summed E-state index contributed by atoms with van der Waals surface area (Å²) < 4.78 is 1.02. The fourth-order valence-corrected chi connectivity index (χ4v) is 3.44. The Morgan fingerprint density at radius 1 is 1.41 bits per heavy atom. The maximum Gasteiger partial charge on any atom is 0.154 e. The molecule has 0 amide bonds. The summed E-state index contributed by atoms with van der Waals surface area (Å²) in [6.45, 7) is 12.5. The van der Waals surface area contributed by atoms with Crippen LogP contribution in [-0.4, -0.2) is 15.5 Å². The standard InChI is InChI=1S/C16H20N4S2/c1-5-20-16(3,4)12(2)19-11-13-14(7-6-8-17-13)22-15-18-9-10-21-15/h5-10,19-20H,1-2,11H2,3-4H3. The molecule has 0 aliphatic heterocycles. The maximum atomic E-state index is 4.47. The van der Waals surface area contributed by atoms with Gasteiger partial charge in [-0.05, 0) is 32.2 Å². The Balaban J connectivity index is 2.04. The number of hydrogen-bond acceptors (Lipinski definition) is 6. The Morgan fingerprint density at radius 2 is 2.23 bits per heavy atom. The first-order valence-electron chi connectivity index (χ1n) is 6.86. The molecular weight excluding hydrogens is 312 g/mol. The number of rotatable bonds is 8. The van der Waals surface area contributed by atoms with Crippen LogP contribution in [0.2, 0.25) is 0 Å². The van der Waals surface area contributed by atoms with Crippen molar-refractivity contribution in [2.45, 2.75) is 35.2 Å². The van der Waals surface area contributed by atoms with E-state index in [4.69, 9.17) is 0 Å². The highest BCUT2D eigenvalue weighted by molar-refractivity contribution is 8.01. The minimum Gasteiger partial charge on any atom is -0.381 e. The van der Waals surface area contributed by atoms with Gasteiger partial charge < -0.3 is 10.6 Å². The molecule has 0 atom stereocenters. The Morgan fingerprint density at radius 3 is 2.91 bits per heavy atom. The minimum absolute atomic E-state index is 0.265. The zero-order chi connectivity index (χ0) is 16.0. The highest BCUT2D eigenvalue weighted by atomic mass is 32.2. The third kappa shape index (κ3) is 4.35. The molecule has 22 heavy (non-hydrogen) atoms. The van der Waals surface area contributed by atoms with Crippen LogP contribution in [-0.2, 0) is 6.54 Å². The second-order valence-electron chi connectivity index (χ2n) is 5.15. The van der Waals surface area contributed by atoms with Gasteiger partial charge in [0, 0.05) is 28.4 Å². The van der Waals surface area contributed by atoms with Gasteiger partial charge in [0.05, 0.1) is 17.8 Å². The molecule has 4 nitrogen and oxygen atoms in total. The Kier molecular flexibility index (Phi) is 5.63. The Hall–Kier alpha value is -1.79. The van der Waals surface area contributed by atoms with E-state index in [1.807, 2.05) is 31.5 Å². The van der Waals surface area contributed by atoms with Crippen molar-refractivity contribution in [3.05, 3.63) is 60.7 Å². The van der Waals surface area contributed by atoms with Crippen LogP contribution in [0.1, 0.15) is 19.5 Å². The average Bonchev–Trinajstić information content (AvgIpc) is 2.99. The lowest BCUT2D eigenvalue weighted by Gasteiger charge is -2.28. The van der Waals surface area contributed by atoms with Crippen LogP contribution >= 0.6 is 23.1 Å². The Labute approximate surface area is 139 Å². The minimum atomic E-state index is -0.265. The molecule has 0 aliphatic carbocycles. The average molecular weight is 332 g/mol. The highest BCUT2D eigenvalue weighted by Crippen LogP contribution is 2.30. The second kappa shape index (κ2) is 7.47. The third-order valence-electron chi connectivity index (χ3n) is 3.14. The van der Waals surface area contributed by atoms with Crippen LogP contribution < -0.4 is 10.6 Å². The molecule has 0 radical (unpaired) electrons. The first-order chi connectivity index (χ1) is 10.5. The maximum absolute atomic E-state index is 4.47. The van der Waals surface area contributed by atoms with E-state index in [-0.39, 0.29) is 5.54 Å². The molecule has 2 aromatic heterocycles. The van der Waals surface area contributed by atoms with Gasteiger partial charge in [-0.2, -0.15) is 0 Å². The molecular formula is C16H20N4S2. The van der Waals surface area contributed by atoms with Crippen molar-refractivity contribution in [1.82, 2.24) is 20.6 Å². The van der Waals surface area contributed by atoms with Crippen molar-refractivity contribution in [1.29, 1.82) is 0 Å². The van der Waals surface area contributed by atoms with Gasteiger partial charge in [0.1, 0.15) is 0 Å². The number of pyridine rings is 1. The van der Waals surface area contributed by atoms with Crippen molar-refractivity contribution in [3.63, 3.8) is 0 Å². The van der Waals surface area contributed by atoms with Gasteiger partial charge >= 0.3 is 0 Å². The van der Waals surface area contributed by atoms with Gasteiger partial charge in [0.2, 0.25) is 0 Å². The summed E-state index contributed by atoms with van der Waals surface area (Å²) in [4.78, 5) is 9.88. The van der Waals surface area contributed by atoms with Gasteiger partial charge in [-0.3, -0.25) is 4.98 Å². The molecule has 2 N–H and O–H groups in total. The van der Waals surface area contributed by atoms with E-state index < -0.39 is 0 Å². The summed E-state index contributed by atoms with van der Waals surface area (Å²) in [7, 11) is 0. The summed E-state index contributed by atoms with van der Waals surface area (Å²) >= 11 is 3.26. The normalized spacial score (nSPS) is 11.0. The summed E-state index contributed by atoms with van der Waals surface area (Å²) in [5.74, 6) is 0. The van der Waals surface area contributed by atoms with Crippen molar-refractivity contribution in [2.24, 2.45) is 0 Å². The van der Waals surface area contributed by atoms with Gasteiger partial charge in [-0.25, -0.2) is 4.98 Å². The monoisotopic (exact) mass is 332 g/mol. The lowest BCUT2D eigenvalue weighted by Crippen LogP contribution is -2.42. The summed E-state index contributed by atoms with van der Waals surface area (Å²) in [5.41, 5.74) is 1.61. The number of aromatic nitrogens is 2. The van der Waals surface area contributed by atoms with E-state index in [1.54, 1.807) is 35.5 Å². The number of thiazole rings is 1. The molecule has 0 aliphatic rings. The van der Waals surface area contributed by atoms with E-state index in [0.29, 0.717) is 6.54 Å². The lowest BCUT2D eigenvalue weighted by molar-refractivity contribution is 0.480. The molecule has 0 bridgehead atoms. The van der Waals surface area contributed by atoms with E-state index >= 15 is 0 Å². The van der Waals surface area contributed by atoms with Crippen LogP contribution in [0.5, 0.6) is 0 Å². The first-order valence-corrected chi connectivity index (χ1v) is 8.55. The number of nitrogens with one attached hydrogen (secondary N) is 2. The highest BCUT2D eigenvalue weighted by Gasteiger charge is 2.19. The summed E-state index contributed by atoms with van der Waals surface area (Å²) in [6, 6.07) is 4.00. The molecule has 0 aromatic carbocycles. The largest absolute Gasteiger partial charge is 0.381 e. The van der Waals surface area contributed by atoms with Crippen LogP contribution in [0, 0.1) is 0 Å². The fourth-order valence-electron chi connectivity index (χ4n) is 1.76. The predicted octanol–water partition coefficient (Wildman–Crippen LogP) is 3.80. The van der Waals surface area contributed by atoms with Crippen LogP contribution in [0.3, 0.4) is 0 Å². The SMILES string of the molecule is C=CNC(C)(C)C(=C)NCc1ncccc1Sc1nccs1. The lowest BCUT2D eigenvalue weighted by atomic mass is 10.0. The molecule has 6 heteroatoms. The van der Waals surface area contributed by atoms with E-state index in [0.717, 1.165) is 20.6 Å². The van der Waals surface area contributed by atoms with Crippen LogP contribution in [0.4, 0.5) is 0 Å². The van der Waals surface area contributed by atoms with Crippen molar-refractivity contribution in [2.75, 3.05) is 0 Å². The van der Waals surface area contributed by atoms with Crippen molar-refractivity contribution in [3.8, 4) is 0 Å². The molecule has 116 valence electrons. The summed E-state index contributed by atoms with van der Waals surface area (Å²) in [5, 5.41) is 8.50. The topological polar surface area (TPSA) is 49.8 Å². The van der Waals surface area contributed by atoms with Crippen molar-refractivity contribution < 1.29 is 0 Å². The molecule has 2 heterocycles. The second-order valence-corrected chi connectivity index (χ2v) is 7.34. The third-order valence-corrected chi connectivity index (χ3v) is 5.12. The van der Waals surface area contributed by atoms with Gasteiger partial charge in [-0.15, -0.1) is 11.3 Å². The molecule has 0 fully saturated rings. The fraction of sp³-hybridized carbons (Fsp3) is 0.250. The van der Waals surface area contributed by atoms with E-state index in [2.05, 4.69) is 39.8 Å². The van der Waals surface area contributed by atoms with E-state index in [1.165, 1.54) is 0 Å². The summed E-state index contributed by atoms with van der Waals surface area (Å²) in [6.07, 6.45) is 5.29. The molecule has 2 aromatic rings. The predicted molar refractivity (Wildman–Crippen MR) is 93.9 cm³/mol. The molecule has 0 saturated heterocycles. The molecule has 0 saturated carbocycles. The first kappa shape index (κ1) is 16.6. The quantitative estimate of drug-likeness (QED) is 0.770. The number of hydrogen-bond donors (Lipinski definition) is 2. The zero-order valence-corrected chi connectivity index (χ0v) is 14.4. The smallest absolute Gasteiger partial charge is 0.154 e. The molecule has 0 unspecified atom stereocenters. The van der Waals surface area contributed by atoms with E-state index in [9.17, 15) is 0 Å². The van der Waals surface area contributed by atoms with Crippen LogP contribution in [0.25, 0.3) is 0 Å². The van der Waals surface area contributed by atoms with Crippen LogP contribution in [0.15, 0.2) is 64.2 Å². The van der Waals surface area contributed by atoms with Crippen molar-refractivity contribution >= 4 is 23.1 Å². The number of nitrogens with zero attached hydrogens (tertiary/aromatic N) is 2. The van der Waals surface area contributed by atoms with Gasteiger partial charge in [0.15, 0.2) is 4.34 Å². The zero-order valence-electron chi connectivity index (χ0n) is 12.8. The van der Waals surface area contributed by atoms with Gasteiger partial charge in [0.25, 0.3) is 0 Å².